The maximum atomic E-state index is 13.5. The molecule has 2 aromatic carbocycles. The maximum Gasteiger partial charge on any atom is 0.339 e. The summed E-state index contributed by atoms with van der Waals surface area (Å²) in [7, 11) is -2.83. The lowest BCUT2D eigenvalue weighted by Gasteiger charge is -2.30. The van der Waals surface area contributed by atoms with Crippen LogP contribution in [0.4, 0.5) is 15.8 Å². The highest BCUT2D eigenvalue weighted by Crippen LogP contribution is 2.28. The lowest BCUT2D eigenvalue weighted by molar-refractivity contribution is -0.387. The molecule has 0 bridgehead atoms. The molecule has 1 heterocycles. The Bertz CT molecular complexity index is 1160. The zero-order valence-corrected chi connectivity index (χ0v) is 17.8. The number of carbonyl (C=O) groups is 2. The van der Waals surface area contributed by atoms with Crippen LogP contribution in [-0.4, -0.2) is 49.7 Å². The predicted molar refractivity (Wildman–Crippen MR) is 111 cm³/mol. The van der Waals surface area contributed by atoms with Crippen LogP contribution in [0.2, 0.25) is 0 Å². The molecule has 3 rings (SSSR count). The van der Waals surface area contributed by atoms with E-state index in [1.807, 2.05) is 0 Å². The number of carbonyl (C=O) groups excluding carboxylic acids is 2. The lowest BCUT2D eigenvalue weighted by Crippen LogP contribution is -2.41. The summed E-state index contributed by atoms with van der Waals surface area (Å²) in [6.07, 6.45) is 0.406. The molecule has 0 radical (unpaired) electrons. The second-order valence-electron chi connectivity index (χ2n) is 7.08. The van der Waals surface area contributed by atoms with Crippen molar-refractivity contribution >= 4 is 33.3 Å². The molecule has 10 nitrogen and oxygen atoms in total. The van der Waals surface area contributed by atoms with Crippen molar-refractivity contribution in [2.24, 2.45) is 5.92 Å². The first-order valence-corrected chi connectivity index (χ1v) is 11.0. The van der Waals surface area contributed by atoms with E-state index in [1.54, 1.807) is 0 Å². The van der Waals surface area contributed by atoms with E-state index in [1.165, 1.54) is 34.6 Å². The summed E-state index contributed by atoms with van der Waals surface area (Å²) in [4.78, 5) is 34.3. The van der Waals surface area contributed by atoms with Gasteiger partial charge in [0.25, 0.3) is 0 Å². The smallest absolute Gasteiger partial charge is 0.339 e. The summed E-state index contributed by atoms with van der Waals surface area (Å²) in [6, 6.07) is 8.74. The van der Waals surface area contributed by atoms with Crippen molar-refractivity contribution in [1.29, 1.82) is 0 Å². The number of esters is 1. The van der Waals surface area contributed by atoms with Gasteiger partial charge in [0.2, 0.25) is 21.7 Å². The highest BCUT2D eigenvalue weighted by molar-refractivity contribution is 7.89. The lowest BCUT2D eigenvalue weighted by atomic mass is 9.97. The van der Waals surface area contributed by atoms with Crippen molar-refractivity contribution < 1.29 is 32.1 Å². The van der Waals surface area contributed by atoms with Crippen molar-refractivity contribution in [3.05, 3.63) is 64.0 Å². The Balaban J connectivity index is 1.69. The van der Waals surface area contributed by atoms with Gasteiger partial charge in [-0.2, -0.15) is 8.70 Å². The van der Waals surface area contributed by atoms with Gasteiger partial charge in [-0.3, -0.25) is 14.9 Å². The number of nitrogens with one attached hydrogen (secondary N) is 1. The zero-order valence-electron chi connectivity index (χ0n) is 17.0. The average molecular weight is 465 g/mol. The van der Waals surface area contributed by atoms with E-state index in [0.29, 0.717) is 0 Å². The number of hydrogen-bond acceptors (Lipinski definition) is 7. The Morgan fingerprint density at radius 3 is 2.47 bits per heavy atom. The molecule has 1 N–H and O–H groups in total. The molecule has 1 saturated heterocycles. The van der Waals surface area contributed by atoms with Gasteiger partial charge in [-0.15, -0.1) is 0 Å². The number of nitrogens with zero attached hydrogens (tertiary/aromatic N) is 2. The number of nitro groups is 1. The van der Waals surface area contributed by atoms with Crippen LogP contribution in [0.15, 0.2) is 47.4 Å². The van der Waals surface area contributed by atoms with E-state index < -0.39 is 44.2 Å². The quantitative estimate of drug-likeness (QED) is 0.393. The molecule has 0 spiro atoms. The molecule has 2 aromatic rings. The van der Waals surface area contributed by atoms with Crippen LogP contribution in [0, 0.1) is 21.8 Å². The fraction of sp³-hybridized carbons (Fsp3) is 0.300. The minimum absolute atomic E-state index is 0.0412. The fourth-order valence-electron chi connectivity index (χ4n) is 3.44. The van der Waals surface area contributed by atoms with Crippen molar-refractivity contribution in [2.45, 2.75) is 17.7 Å². The van der Waals surface area contributed by atoms with E-state index >= 15 is 0 Å². The third kappa shape index (κ3) is 4.75. The molecule has 0 aromatic heterocycles. The first-order chi connectivity index (χ1) is 15.1. The van der Waals surface area contributed by atoms with Crippen LogP contribution >= 0.6 is 0 Å². The van der Waals surface area contributed by atoms with Gasteiger partial charge in [-0.25, -0.2) is 13.2 Å². The van der Waals surface area contributed by atoms with Crippen molar-refractivity contribution in [1.82, 2.24) is 4.31 Å². The van der Waals surface area contributed by atoms with E-state index in [-0.39, 0.29) is 42.1 Å². The summed E-state index contributed by atoms with van der Waals surface area (Å²) in [6.45, 7) is 0.0823. The Kier molecular flexibility index (Phi) is 6.84. The minimum atomic E-state index is -3.99. The highest BCUT2D eigenvalue weighted by Gasteiger charge is 2.34. The number of halogens is 1. The normalized spacial score (nSPS) is 15.2. The third-order valence-electron chi connectivity index (χ3n) is 5.15. The summed E-state index contributed by atoms with van der Waals surface area (Å²) in [5.74, 6) is -2.77. The number of nitro benzene ring substituents is 1. The molecule has 1 aliphatic rings. The average Bonchev–Trinajstić information content (AvgIpc) is 2.79. The predicted octanol–water partition coefficient (Wildman–Crippen LogP) is 2.56. The van der Waals surface area contributed by atoms with Gasteiger partial charge >= 0.3 is 11.7 Å². The number of rotatable bonds is 6. The summed E-state index contributed by atoms with van der Waals surface area (Å²) in [5.41, 5.74) is -0.758. The van der Waals surface area contributed by atoms with E-state index in [0.717, 1.165) is 19.2 Å². The molecule has 0 unspecified atom stereocenters. The number of amides is 1. The number of piperidine rings is 1. The van der Waals surface area contributed by atoms with Gasteiger partial charge in [-0.1, -0.05) is 12.1 Å². The van der Waals surface area contributed by atoms with Crippen LogP contribution in [0.25, 0.3) is 0 Å². The summed E-state index contributed by atoms with van der Waals surface area (Å²) < 4.78 is 45.4. The molecule has 0 aliphatic carbocycles. The number of methoxy groups -OCH3 is 1. The summed E-state index contributed by atoms with van der Waals surface area (Å²) in [5, 5.41) is 13.4. The van der Waals surface area contributed by atoms with Crippen LogP contribution in [0.5, 0.6) is 0 Å². The molecule has 170 valence electrons. The van der Waals surface area contributed by atoms with Gasteiger partial charge in [0, 0.05) is 30.8 Å². The number of sulfonamides is 1. The molecule has 12 heteroatoms. The van der Waals surface area contributed by atoms with E-state index in [2.05, 4.69) is 10.1 Å². The van der Waals surface area contributed by atoms with Gasteiger partial charge in [0.1, 0.15) is 0 Å². The van der Waals surface area contributed by atoms with Crippen LogP contribution < -0.4 is 5.32 Å². The topological polar surface area (TPSA) is 136 Å². The standard InChI is InChI=1S/C20H20FN3O7S/c1-31-20(26)15-4-2-3-5-18(15)32(29,30)23-10-8-13(9-11-23)19(25)22-14-6-7-16(21)17(12-14)24(27)28/h2-7,12-13H,8-11H2,1H3,(H,22,25). The van der Waals surface area contributed by atoms with E-state index in [4.69, 9.17) is 0 Å². The summed E-state index contributed by atoms with van der Waals surface area (Å²) >= 11 is 0. The second kappa shape index (κ2) is 9.40. The molecular weight excluding hydrogens is 445 g/mol. The van der Waals surface area contributed by atoms with Gasteiger partial charge in [0.05, 0.1) is 22.5 Å². The fourth-order valence-corrected chi connectivity index (χ4v) is 5.09. The van der Waals surface area contributed by atoms with Crippen LogP contribution in [-0.2, 0) is 19.6 Å². The van der Waals surface area contributed by atoms with Crippen molar-refractivity contribution in [3.63, 3.8) is 0 Å². The SMILES string of the molecule is COC(=O)c1ccccc1S(=O)(=O)N1CCC(C(=O)Nc2ccc(F)c([N+](=O)[O-])c2)CC1. The van der Waals surface area contributed by atoms with Gasteiger partial charge < -0.3 is 10.1 Å². The monoisotopic (exact) mass is 465 g/mol. The minimum Gasteiger partial charge on any atom is -0.465 e. The Morgan fingerprint density at radius 1 is 1.19 bits per heavy atom. The van der Waals surface area contributed by atoms with E-state index in [9.17, 15) is 32.5 Å². The molecule has 0 saturated carbocycles. The van der Waals surface area contributed by atoms with Crippen LogP contribution in [0.3, 0.4) is 0 Å². The molecule has 0 atom stereocenters. The number of benzene rings is 2. The number of anilines is 1. The molecule has 32 heavy (non-hydrogen) atoms. The number of ether oxygens (including phenoxy) is 1. The van der Waals surface area contributed by atoms with Crippen LogP contribution in [0.1, 0.15) is 23.2 Å². The Morgan fingerprint density at radius 2 is 1.84 bits per heavy atom. The Hall–Kier alpha value is -3.38. The maximum absolute atomic E-state index is 13.5. The molecule has 1 amide bonds. The largest absolute Gasteiger partial charge is 0.465 e. The third-order valence-corrected chi connectivity index (χ3v) is 7.10. The van der Waals surface area contributed by atoms with Crippen molar-refractivity contribution in [2.75, 3.05) is 25.5 Å². The first kappa shape index (κ1) is 23.3. The first-order valence-electron chi connectivity index (χ1n) is 9.57. The van der Waals surface area contributed by atoms with Gasteiger partial charge in [-0.05, 0) is 37.1 Å². The molecule has 1 aliphatic heterocycles. The molecule has 1 fully saturated rings. The highest BCUT2D eigenvalue weighted by atomic mass is 32.2. The zero-order chi connectivity index (χ0) is 23.5. The van der Waals surface area contributed by atoms with Gasteiger partial charge in [0.15, 0.2) is 0 Å². The number of hydrogen-bond donors (Lipinski definition) is 1. The van der Waals surface area contributed by atoms with Crippen molar-refractivity contribution in [3.8, 4) is 0 Å². The Labute approximate surface area is 183 Å². The second-order valence-corrected chi connectivity index (χ2v) is 8.99. The molecular formula is C20H20FN3O7S.